The van der Waals surface area contributed by atoms with E-state index in [9.17, 15) is 8.42 Å². The lowest BCUT2D eigenvalue weighted by molar-refractivity contribution is 0.305. The van der Waals surface area contributed by atoms with Gasteiger partial charge in [0.2, 0.25) is 0 Å². The minimum atomic E-state index is -3.84. The molecule has 0 aromatic carbocycles. The van der Waals surface area contributed by atoms with Gasteiger partial charge in [0.15, 0.2) is 0 Å². The van der Waals surface area contributed by atoms with Gasteiger partial charge in [0.1, 0.15) is 6.61 Å². The van der Waals surface area contributed by atoms with Gasteiger partial charge >= 0.3 is 10.3 Å². The molecule has 0 radical (unpaired) electrons. The van der Waals surface area contributed by atoms with Gasteiger partial charge in [-0.05, 0) is 0 Å². The first kappa shape index (κ1) is 8.60. The van der Waals surface area contributed by atoms with E-state index in [2.05, 4.69) is 14.3 Å². The highest BCUT2D eigenvalue weighted by Crippen LogP contribution is 2.02. The SMILES string of the molecule is NS(=O)(=O)OCc1cscn1. The standard InChI is InChI=1S/C4H6N2O3S2/c5-11(7,8)9-1-4-2-10-3-6-4/h2-3H,1H2,(H2,5,7,8). The van der Waals surface area contributed by atoms with Crippen LogP contribution in [0.5, 0.6) is 0 Å². The van der Waals surface area contributed by atoms with Gasteiger partial charge in [-0.15, -0.1) is 11.3 Å². The zero-order valence-electron chi connectivity index (χ0n) is 5.43. The van der Waals surface area contributed by atoms with Crippen LogP contribution in [0.15, 0.2) is 10.9 Å². The van der Waals surface area contributed by atoms with Crippen molar-refractivity contribution >= 4 is 21.6 Å². The summed E-state index contributed by atoms with van der Waals surface area (Å²) in [6.07, 6.45) is 0. The average Bonchev–Trinajstić information content (AvgIpc) is 2.32. The third kappa shape index (κ3) is 3.42. The monoisotopic (exact) mass is 194 g/mol. The van der Waals surface area contributed by atoms with Crippen molar-refractivity contribution in [2.75, 3.05) is 0 Å². The van der Waals surface area contributed by atoms with Gasteiger partial charge < -0.3 is 0 Å². The summed E-state index contributed by atoms with van der Waals surface area (Å²) in [4.78, 5) is 3.79. The largest absolute Gasteiger partial charge is 0.333 e. The summed E-state index contributed by atoms with van der Waals surface area (Å²) in [7, 11) is -3.84. The van der Waals surface area contributed by atoms with Gasteiger partial charge in [0.05, 0.1) is 11.2 Å². The molecule has 0 fully saturated rings. The lowest BCUT2D eigenvalue weighted by atomic mass is 10.5. The van der Waals surface area contributed by atoms with E-state index in [4.69, 9.17) is 0 Å². The number of rotatable bonds is 3. The van der Waals surface area contributed by atoms with Crippen molar-refractivity contribution in [1.29, 1.82) is 0 Å². The first-order valence-electron chi connectivity index (χ1n) is 2.62. The molecule has 1 heterocycles. The first-order valence-corrected chi connectivity index (χ1v) is 5.03. The van der Waals surface area contributed by atoms with Crippen LogP contribution in [-0.2, 0) is 21.1 Å². The van der Waals surface area contributed by atoms with Crippen LogP contribution >= 0.6 is 11.3 Å². The summed E-state index contributed by atoms with van der Waals surface area (Å²) in [5, 5.41) is 6.26. The van der Waals surface area contributed by atoms with Crippen molar-refractivity contribution in [2.24, 2.45) is 5.14 Å². The molecule has 0 aliphatic carbocycles. The van der Waals surface area contributed by atoms with Crippen molar-refractivity contribution in [3.63, 3.8) is 0 Å². The lowest BCUT2D eigenvalue weighted by Gasteiger charge is -1.95. The fraction of sp³-hybridized carbons (Fsp3) is 0.250. The van der Waals surface area contributed by atoms with Gasteiger partial charge in [-0.1, -0.05) is 0 Å². The third-order valence-electron chi connectivity index (χ3n) is 0.855. The second kappa shape index (κ2) is 3.26. The fourth-order valence-electron chi connectivity index (χ4n) is 0.451. The summed E-state index contributed by atoms with van der Waals surface area (Å²) in [6, 6.07) is 0. The van der Waals surface area contributed by atoms with Crippen LogP contribution in [0.1, 0.15) is 5.69 Å². The molecule has 0 aliphatic heterocycles. The highest BCUT2D eigenvalue weighted by atomic mass is 32.2. The Kier molecular flexibility index (Phi) is 2.55. The van der Waals surface area contributed by atoms with Gasteiger partial charge in [0.25, 0.3) is 0 Å². The van der Waals surface area contributed by atoms with Crippen LogP contribution in [0.25, 0.3) is 0 Å². The van der Waals surface area contributed by atoms with Gasteiger partial charge in [-0.3, -0.25) is 4.18 Å². The van der Waals surface area contributed by atoms with Gasteiger partial charge in [0, 0.05) is 5.38 Å². The van der Waals surface area contributed by atoms with Crippen molar-refractivity contribution in [2.45, 2.75) is 6.61 Å². The number of nitrogens with two attached hydrogens (primary N) is 1. The molecule has 2 N–H and O–H groups in total. The molecule has 0 spiro atoms. The Labute approximate surface area is 68.1 Å². The van der Waals surface area contributed by atoms with E-state index in [0.717, 1.165) is 0 Å². The predicted molar refractivity (Wildman–Crippen MR) is 40.0 cm³/mol. The molecule has 1 aromatic rings. The molecule has 62 valence electrons. The Bertz CT molecular complexity index is 304. The fourth-order valence-corrected chi connectivity index (χ4v) is 1.28. The number of hydrogen-bond acceptors (Lipinski definition) is 5. The average molecular weight is 194 g/mol. The third-order valence-corrected chi connectivity index (χ3v) is 1.94. The molecule has 7 heteroatoms. The van der Waals surface area contributed by atoms with Crippen LogP contribution in [0.2, 0.25) is 0 Å². The smallest absolute Gasteiger partial charge is 0.252 e. The molecule has 11 heavy (non-hydrogen) atoms. The molecule has 0 bridgehead atoms. The maximum Gasteiger partial charge on any atom is 0.333 e. The molecule has 0 saturated carbocycles. The normalized spacial score (nSPS) is 11.7. The summed E-state index contributed by atoms with van der Waals surface area (Å²) in [6.45, 7) is -0.0949. The lowest BCUT2D eigenvalue weighted by Crippen LogP contribution is -2.15. The van der Waals surface area contributed by atoms with E-state index in [0.29, 0.717) is 5.69 Å². The minimum Gasteiger partial charge on any atom is -0.252 e. The highest BCUT2D eigenvalue weighted by Gasteiger charge is 2.03. The number of thiazole rings is 1. The molecule has 0 aliphatic rings. The van der Waals surface area contributed by atoms with Crippen LogP contribution in [0.3, 0.4) is 0 Å². The Morgan fingerprint density at radius 1 is 1.73 bits per heavy atom. The molecule has 0 amide bonds. The Morgan fingerprint density at radius 2 is 2.45 bits per heavy atom. The Morgan fingerprint density at radius 3 is 2.91 bits per heavy atom. The summed E-state index contributed by atoms with van der Waals surface area (Å²) in [5.74, 6) is 0. The van der Waals surface area contributed by atoms with Crippen molar-refractivity contribution < 1.29 is 12.6 Å². The second-order valence-electron chi connectivity index (χ2n) is 1.73. The van der Waals surface area contributed by atoms with Crippen LogP contribution < -0.4 is 5.14 Å². The molecular weight excluding hydrogens is 188 g/mol. The van der Waals surface area contributed by atoms with E-state index < -0.39 is 10.3 Å². The molecule has 1 aromatic heterocycles. The van der Waals surface area contributed by atoms with Crippen molar-refractivity contribution in [3.05, 3.63) is 16.6 Å². The Hall–Kier alpha value is -0.500. The van der Waals surface area contributed by atoms with E-state index >= 15 is 0 Å². The zero-order chi connectivity index (χ0) is 8.32. The van der Waals surface area contributed by atoms with Crippen molar-refractivity contribution in [3.8, 4) is 0 Å². The summed E-state index contributed by atoms with van der Waals surface area (Å²) >= 11 is 1.36. The topological polar surface area (TPSA) is 82.3 Å². The Balaban J connectivity index is 2.48. The van der Waals surface area contributed by atoms with Crippen LogP contribution in [0, 0.1) is 0 Å². The van der Waals surface area contributed by atoms with Gasteiger partial charge in [-0.25, -0.2) is 10.1 Å². The van der Waals surface area contributed by atoms with Gasteiger partial charge in [-0.2, -0.15) is 8.42 Å². The van der Waals surface area contributed by atoms with Crippen LogP contribution in [-0.4, -0.2) is 13.4 Å². The zero-order valence-corrected chi connectivity index (χ0v) is 7.06. The highest BCUT2D eigenvalue weighted by molar-refractivity contribution is 7.84. The minimum absolute atomic E-state index is 0.0949. The van der Waals surface area contributed by atoms with E-state index in [-0.39, 0.29) is 6.61 Å². The first-order chi connectivity index (χ1) is 5.08. The molecule has 0 unspecified atom stereocenters. The molecule has 0 atom stereocenters. The quantitative estimate of drug-likeness (QED) is 0.726. The molecule has 1 rings (SSSR count). The van der Waals surface area contributed by atoms with E-state index in [1.54, 1.807) is 10.9 Å². The molecule has 5 nitrogen and oxygen atoms in total. The van der Waals surface area contributed by atoms with Crippen LogP contribution in [0.4, 0.5) is 0 Å². The molecule has 0 saturated heterocycles. The summed E-state index contributed by atoms with van der Waals surface area (Å²) < 4.78 is 24.8. The predicted octanol–water partition coefficient (Wildman–Crippen LogP) is -0.137. The second-order valence-corrected chi connectivity index (χ2v) is 3.67. The maximum atomic E-state index is 10.3. The van der Waals surface area contributed by atoms with E-state index in [1.165, 1.54) is 11.3 Å². The molecular formula is C4H6N2O3S2. The number of hydrogen-bond donors (Lipinski definition) is 1. The number of aromatic nitrogens is 1. The number of nitrogens with zero attached hydrogens (tertiary/aromatic N) is 1. The van der Waals surface area contributed by atoms with E-state index in [1.807, 2.05) is 0 Å². The maximum absolute atomic E-state index is 10.3. The summed E-state index contributed by atoms with van der Waals surface area (Å²) in [5.41, 5.74) is 2.14. The van der Waals surface area contributed by atoms with Crippen molar-refractivity contribution in [1.82, 2.24) is 4.98 Å².